The smallest absolute Gasteiger partial charge is 0.189 e. The number of nitrogens with zero attached hydrogens (tertiary/aromatic N) is 3. The number of aryl methyl sites for hydroxylation is 3. The summed E-state index contributed by atoms with van der Waals surface area (Å²) in [5, 5.41) is 8.07. The first-order valence-corrected chi connectivity index (χ1v) is 6.92. The highest BCUT2D eigenvalue weighted by Gasteiger charge is 2.22. The molecule has 1 aromatic carbocycles. The van der Waals surface area contributed by atoms with Gasteiger partial charge in [-0.05, 0) is 44.4 Å². The van der Waals surface area contributed by atoms with Gasteiger partial charge in [0.2, 0.25) is 0 Å². The highest BCUT2D eigenvalue weighted by molar-refractivity contribution is 6.13. The number of carbonyl (C=O) groups is 1. The Morgan fingerprint density at radius 3 is 2.95 bits per heavy atom. The standard InChI is InChI=1S/C16H17N3O/c1-3-19-10-14(17-18-19)9-13-7-6-12-5-4-11(2)8-15(12)16(13)20/h4-5,8-10H,3,6-7H2,1-2H3/b13-9-. The van der Waals surface area contributed by atoms with Crippen LogP contribution in [0.1, 0.15) is 40.5 Å². The number of hydrogen-bond donors (Lipinski definition) is 0. The number of fused-ring (bicyclic) bond motifs is 1. The third kappa shape index (κ3) is 2.29. The largest absolute Gasteiger partial charge is 0.289 e. The normalized spacial score (nSPS) is 16.5. The van der Waals surface area contributed by atoms with Gasteiger partial charge in [-0.25, -0.2) is 0 Å². The molecule has 0 fully saturated rings. The van der Waals surface area contributed by atoms with E-state index in [0.29, 0.717) is 0 Å². The van der Waals surface area contributed by atoms with Crippen molar-refractivity contribution < 1.29 is 4.79 Å². The molecule has 0 saturated heterocycles. The summed E-state index contributed by atoms with van der Waals surface area (Å²) in [6.45, 7) is 4.81. The second-order valence-corrected chi connectivity index (χ2v) is 5.16. The number of ketones is 1. The fourth-order valence-electron chi connectivity index (χ4n) is 2.53. The number of benzene rings is 1. The topological polar surface area (TPSA) is 47.8 Å². The van der Waals surface area contributed by atoms with Crippen molar-refractivity contribution in [2.75, 3.05) is 0 Å². The lowest BCUT2D eigenvalue weighted by Crippen LogP contribution is -2.14. The minimum absolute atomic E-state index is 0.126. The van der Waals surface area contributed by atoms with Crippen LogP contribution in [-0.2, 0) is 13.0 Å². The monoisotopic (exact) mass is 267 g/mol. The van der Waals surface area contributed by atoms with Crippen LogP contribution in [0.25, 0.3) is 6.08 Å². The molecule has 0 atom stereocenters. The number of hydrogen-bond acceptors (Lipinski definition) is 3. The average Bonchev–Trinajstić information content (AvgIpc) is 2.90. The Hall–Kier alpha value is -2.23. The molecule has 0 saturated carbocycles. The molecule has 2 aromatic rings. The number of rotatable bonds is 2. The molecule has 0 radical (unpaired) electrons. The number of Topliss-reactive ketones (excluding diaryl/α,β-unsaturated/α-hetero) is 1. The Bertz CT molecular complexity index is 697. The molecule has 1 aliphatic rings. The zero-order valence-electron chi connectivity index (χ0n) is 11.8. The summed E-state index contributed by atoms with van der Waals surface area (Å²) >= 11 is 0. The maximum absolute atomic E-state index is 12.5. The van der Waals surface area contributed by atoms with Crippen molar-refractivity contribution in [3.63, 3.8) is 0 Å². The molecule has 0 N–H and O–H groups in total. The Balaban J connectivity index is 1.95. The lowest BCUT2D eigenvalue weighted by Gasteiger charge is -2.17. The molecular weight excluding hydrogens is 250 g/mol. The Morgan fingerprint density at radius 2 is 2.20 bits per heavy atom. The lowest BCUT2D eigenvalue weighted by molar-refractivity contribution is 0.102. The van der Waals surface area contributed by atoms with Gasteiger partial charge in [0.15, 0.2) is 5.78 Å². The van der Waals surface area contributed by atoms with Gasteiger partial charge in [-0.2, -0.15) is 0 Å². The molecule has 1 aromatic heterocycles. The molecule has 1 heterocycles. The molecule has 1 aliphatic carbocycles. The van der Waals surface area contributed by atoms with Gasteiger partial charge in [0.25, 0.3) is 0 Å². The number of carbonyl (C=O) groups excluding carboxylic acids is 1. The van der Waals surface area contributed by atoms with Crippen molar-refractivity contribution in [1.29, 1.82) is 0 Å². The summed E-state index contributed by atoms with van der Waals surface area (Å²) < 4.78 is 1.76. The Kier molecular flexibility index (Phi) is 3.22. The SMILES string of the molecule is CCn1cc(/C=C2/CCc3ccc(C)cc3C2=O)nn1. The summed E-state index contributed by atoms with van der Waals surface area (Å²) in [6.07, 6.45) is 5.42. The summed E-state index contributed by atoms with van der Waals surface area (Å²) in [4.78, 5) is 12.5. The molecule has 4 nitrogen and oxygen atoms in total. The summed E-state index contributed by atoms with van der Waals surface area (Å²) in [5.74, 6) is 0.126. The molecule has 0 unspecified atom stereocenters. The van der Waals surface area contributed by atoms with Crippen molar-refractivity contribution in [3.8, 4) is 0 Å². The van der Waals surface area contributed by atoms with Gasteiger partial charge in [-0.1, -0.05) is 22.9 Å². The fourth-order valence-corrected chi connectivity index (χ4v) is 2.53. The van der Waals surface area contributed by atoms with Crippen LogP contribution in [0.5, 0.6) is 0 Å². The van der Waals surface area contributed by atoms with Crippen LogP contribution in [0.3, 0.4) is 0 Å². The first-order chi connectivity index (χ1) is 9.67. The lowest BCUT2D eigenvalue weighted by atomic mass is 9.85. The first kappa shape index (κ1) is 12.8. The predicted octanol–water partition coefficient (Wildman–Crippen LogP) is 2.82. The Morgan fingerprint density at radius 1 is 1.35 bits per heavy atom. The van der Waals surface area contributed by atoms with Crippen LogP contribution < -0.4 is 0 Å². The molecule has 3 rings (SSSR count). The van der Waals surface area contributed by atoms with Gasteiger partial charge >= 0.3 is 0 Å². The van der Waals surface area contributed by atoms with E-state index in [9.17, 15) is 4.79 Å². The predicted molar refractivity (Wildman–Crippen MR) is 77.5 cm³/mol. The van der Waals surface area contributed by atoms with E-state index >= 15 is 0 Å². The number of allylic oxidation sites excluding steroid dienone is 1. The van der Waals surface area contributed by atoms with Crippen LogP contribution in [0, 0.1) is 6.92 Å². The highest BCUT2D eigenvalue weighted by Crippen LogP contribution is 2.27. The molecule has 0 bridgehead atoms. The molecule has 4 heteroatoms. The van der Waals surface area contributed by atoms with Crippen molar-refractivity contribution in [1.82, 2.24) is 15.0 Å². The van der Waals surface area contributed by atoms with Crippen LogP contribution in [0.15, 0.2) is 30.0 Å². The number of aromatic nitrogens is 3. The van der Waals surface area contributed by atoms with Crippen LogP contribution >= 0.6 is 0 Å². The molecule has 0 spiro atoms. The summed E-state index contributed by atoms with van der Waals surface area (Å²) in [7, 11) is 0. The fraction of sp³-hybridized carbons (Fsp3) is 0.312. The average molecular weight is 267 g/mol. The quantitative estimate of drug-likeness (QED) is 0.786. The van der Waals surface area contributed by atoms with Gasteiger partial charge in [0.05, 0.1) is 6.20 Å². The first-order valence-electron chi connectivity index (χ1n) is 6.92. The van der Waals surface area contributed by atoms with Gasteiger partial charge in [0.1, 0.15) is 5.69 Å². The Labute approximate surface area is 118 Å². The summed E-state index contributed by atoms with van der Waals surface area (Å²) in [6, 6.07) is 6.11. The third-order valence-electron chi connectivity index (χ3n) is 3.67. The van der Waals surface area contributed by atoms with Crippen LogP contribution in [0.4, 0.5) is 0 Å². The van der Waals surface area contributed by atoms with Crippen molar-refractivity contribution in [2.24, 2.45) is 0 Å². The zero-order valence-corrected chi connectivity index (χ0v) is 11.8. The van der Waals surface area contributed by atoms with E-state index in [1.165, 1.54) is 0 Å². The maximum atomic E-state index is 12.5. The van der Waals surface area contributed by atoms with Gasteiger partial charge in [0, 0.05) is 17.7 Å². The second kappa shape index (κ2) is 5.04. The molecule has 0 aliphatic heterocycles. The van der Waals surface area contributed by atoms with Crippen LogP contribution in [-0.4, -0.2) is 20.8 Å². The van der Waals surface area contributed by atoms with Crippen molar-refractivity contribution in [3.05, 3.63) is 52.4 Å². The highest BCUT2D eigenvalue weighted by atomic mass is 16.1. The third-order valence-corrected chi connectivity index (χ3v) is 3.67. The zero-order chi connectivity index (χ0) is 14.1. The van der Waals surface area contributed by atoms with E-state index in [1.54, 1.807) is 4.68 Å². The molecule has 20 heavy (non-hydrogen) atoms. The van der Waals surface area contributed by atoms with E-state index < -0.39 is 0 Å². The second-order valence-electron chi connectivity index (χ2n) is 5.16. The minimum Gasteiger partial charge on any atom is -0.289 e. The van der Waals surface area contributed by atoms with Crippen LogP contribution in [0.2, 0.25) is 0 Å². The van der Waals surface area contributed by atoms with Crippen molar-refractivity contribution in [2.45, 2.75) is 33.2 Å². The van der Waals surface area contributed by atoms with Gasteiger partial charge < -0.3 is 0 Å². The van der Waals surface area contributed by atoms with E-state index in [-0.39, 0.29) is 5.78 Å². The van der Waals surface area contributed by atoms with E-state index in [4.69, 9.17) is 0 Å². The van der Waals surface area contributed by atoms with E-state index in [2.05, 4.69) is 22.4 Å². The van der Waals surface area contributed by atoms with Gasteiger partial charge in [-0.15, -0.1) is 5.10 Å². The molecule has 0 amide bonds. The molecular formula is C16H17N3O. The van der Waals surface area contributed by atoms with E-state index in [1.807, 2.05) is 32.2 Å². The summed E-state index contributed by atoms with van der Waals surface area (Å²) in [5.41, 5.74) is 4.69. The maximum Gasteiger partial charge on any atom is 0.189 e. The minimum atomic E-state index is 0.126. The molecule has 102 valence electrons. The van der Waals surface area contributed by atoms with Gasteiger partial charge in [-0.3, -0.25) is 9.48 Å². The van der Waals surface area contributed by atoms with E-state index in [0.717, 1.165) is 47.3 Å². The van der Waals surface area contributed by atoms with Crippen molar-refractivity contribution >= 4 is 11.9 Å².